The van der Waals surface area contributed by atoms with Crippen LogP contribution in [-0.2, 0) is 13.0 Å². The van der Waals surface area contributed by atoms with Gasteiger partial charge in [-0.1, -0.05) is 24.3 Å². The van der Waals surface area contributed by atoms with Gasteiger partial charge in [-0.25, -0.2) is 4.79 Å². The molecule has 0 spiro atoms. The van der Waals surface area contributed by atoms with E-state index >= 15 is 0 Å². The lowest BCUT2D eigenvalue weighted by Gasteiger charge is -2.15. The molecule has 2 aromatic rings. The minimum absolute atomic E-state index is 0.322. The van der Waals surface area contributed by atoms with E-state index in [9.17, 15) is 4.79 Å². The molecule has 1 saturated heterocycles. The smallest absolute Gasteiger partial charge is 0.335 e. The fourth-order valence-corrected chi connectivity index (χ4v) is 3.10. The van der Waals surface area contributed by atoms with Gasteiger partial charge in [0.2, 0.25) is 0 Å². The van der Waals surface area contributed by atoms with Crippen LogP contribution in [-0.4, -0.2) is 35.6 Å². The second kappa shape index (κ2) is 7.97. The van der Waals surface area contributed by atoms with E-state index in [4.69, 9.17) is 5.11 Å². The first-order valence-electron chi connectivity index (χ1n) is 8.58. The number of likely N-dealkylation sites (tertiary alicyclic amines) is 1. The molecule has 2 aromatic carbocycles. The van der Waals surface area contributed by atoms with Gasteiger partial charge >= 0.3 is 5.97 Å². The average Bonchev–Trinajstić information content (AvgIpc) is 3.12. The number of aromatic carboxylic acids is 1. The summed E-state index contributed by atoms with van der Waals surface area (Å²) in [5.74, 6) is -0.889. The van der Waals surface area contributed by atoms with Gasteiger partial charge in [0.25, 0.3) is 0 Å². The van der Waals surface area contributed by atoms with E-state index in [-0.39, 0.29) is 0 Å². The van der Waals surface area contributed by atoms with Gasteiger partial charge in [-0.3, -0.25) is 0 Å². The predicted molar refractivity (Wildman–Crippen MR) is 96.5 cm³/mol. The van der Waals surface area contributed by atoms with Crippen molar-refractivity contribution in [3.63, 3.8) is 0 Å². The molecule has 0 aliphatic carbocycles. The minimum Gasteiger partial charge on any atom is -0.478 e. The fraction of sp³-hybridized carbons (Fsp3) is 0.350. The van der Waals surface area contributed by atoms with Crippen LogP contribution in [0.25, 0.3) is 0 Å². The molecule has 4 nitrogen and oxygen atoms in total. The van der Waals surface area contributed by atoms with Crippen LogP contribution in [0.4, 0.5) is 5.69 Å². The van der Waals surface area contributed by atoms with Gasteiger partial charge in [0.15, 0.2) is 0 Å². The highest BCUT2D eigenvalue weighted by Gasteiger charge is 2.10. The number of rotatable bonds is 7. The third-order valence-corrected chi connectivity index (χ3v) is 4.54. The van der Waals surface area contributed by atoms with Crippen molar-refractivity contribution < 1.29 is 9.90 Å². The van der Waals surface area contributed by atoms with Crippen molar-refractivity contribution in [3.05, 3.63) is 65.2 Å². The van der Waals surface area contributed by atoms with Crippen LogP contribution >= 0.6 is 0 Å². The van der Waals surface area contributed by atoms with E-state index in [1.807, 2.05) is 12.1 Å². The van der Waals surface area contributed by atoms with Crippen LogP contribution in [0.1, 0.15) is 34.3 Å². The zero-order valence-corrected chi connectivity index (χ0v) is 13.9. The summed E-state index contributed by atoms with van der Waals surface area (Å²) in [6, 6.07) is 15.6. The lowest BCUT2D eigenvalue weighted by atomic mass is 10.1. The highest BCUT2D eigenvalue weighted by Crippen LogP contribution is 2.15. The molecule has 0 amide bonds. The predicted octanol–water partition coefficient (Wildman–Crippen LogP) is 3.64. The Morgan fingerprint density at radius 3 is 2.50 bits per heavy atom. The number of carboxylic acid groups (broad SMARTS) is 1. The third-order valence-electron chi connectivity index (χ3n) is 4.54. The number of hydrogen-bond donors (Lipinski definition) is 2. The summed E-state index contributed by atoms with van der Waals surface area (Å²) in [5.41, 5.74) is 3.86. The molecule has 3 rings (SSSR count). The van der Waals surface area contributed by atoms with Gasteiger partial charge < -0.3 is 15.3 Å². The monoisotopic (exact) mass is 324 g/mol. The Labute approximate surface area is 143 Å². The first kappa shape index (κ1) is 16.5. The highest BCUT2D eigenvalue weighted by atomic mass is 16.4. The molecule has 1 fully saturated rings. The molecule has 1 aliphatic heterocycles. The van der Waals surface area contributed by atoms with Crippen LogP contribution in [0.3, 0.4) is 0 Å². The highest BCUT2D eigenvalue weighted by molar-refractivity contribution is 5.87. The van der Waals surface area contributed by atoms with Gasteiger partial charge in [-0.15, -0.1) is 0 Å². The van der Waals surface area contributed by atoms with E-state index < -0.39 is 5.97 Å². The van der Waals surface area contributed by atoms with Gasteiger partial charge in [0.05, 0.1) is 5.56 Å². The molecule has 0 unspecified atom stereocenters. The third kappa shape index (κ3) is 4.59. The van der Waals surface area contributed by atoms with E-state index in [2.05, 4.69) is 34.5 Å². The van der Waals surface area contributed by atoms with Crippen molar-refractivity contribution in [2.24, 2.45) is 0 Å². The SMILES string of the molecule is O=C(O)c1ccc(CNc2cccc(CCN3CCCC3)c2)cc1. The molecule has 126 valence electrons. The lowest BCUT2D eigenvalue weighted by molar-refractivity contribution is 0.0697. The molecule has 0 atom stereocenters. The molecule has 1 aliphatic rings. The van der Waals surface area contributed by atoms with Gasteiger partial charge in [0, 0.05) is 18.8 Å². The van der Waals surface area contributed by atoms with Crippen molar-refractivity contribution in [3.8, 4) is 0 Å². The second-order valence-corrected chi connectivity index (χ2v) is 6.35. The van der Waals surface area contributed by atoms with Gasteiger partial charge in [-0.2, -0.15) is 0 Å². The summed E-state index contributed by atoms with van der Waals surface area (Å²) in [6.07, 6.45) is 3.76. The molecular formula is C20H24N2O2. The second-order valence-electron chi connectivity index (χ2n) is 6.35. The average molecular weight is 324 g/mol. The number of carboxylic acids is 1. The summed E-state index contributed by atoms with van der Waals surface area (Å²) in [5, 5.41) is 12.3. The number of carbonyl (C=O) groups is 1. The first-order valence-corrected chi connectivity index (χ1v) is 8.58. The molecule has 0 saturated carbocycles. The van der Waals surface area contributed by atoms with Crippen molar-refractivity contribution in [2.45, 2.75) is 25.8 Å². The van der Waals surface area contributed by atoms with E-state index in [0.717, 1.165) is 24.2 Å². The van der Waals surface area contributed by atoms with E-state index in [1.165, 1.54) is 31.5 Å². The van der Waals surface area contributed by atoms with Crippen LogP contribution < -0.4 is 5.32 Å². The molecular weight excluding hydrogens is 300 g/mol. The summed E-state index contributed by atoms with van der Waals surface area (Å²) < 4.78 is 0. The van der Waals surface area contributed by atoms with E-state index in [1.54, 1.807) is 12.1 Å². The maximum atomic E-state index is 10.9. The van der Waals surface area contributed by atoms with E-state index in [0.29, 0.717) is 12.1 Å². The first-order chi connectivity index (χ1) is 11.7. The minimum atomic E-state index is -0.889. The van der Waals surface area contributed by atoms with Gasteiger partial charge in [0.1, 0.15) is 0 Å². The Hall–Kier alpha value is -2.33. The Morgan fingerprint density at radius 1 is 1.04 bits per heavy atom. The van der Waals surface area contributed by atoms with Crippen LogP contribution in [0, 0.1) is 0 Å². The molecule has 0 bridgehead atoms. The van der Waals surface area contributed by atoms with Crippen molar-refractivity contribution in [1.29, 1.82) is 0 Å². The maximum Gasteiger partial charge on any atom is 0.335 e. The lowest BCUT2D eigenvalue weighted by Crippen LogP contribution is -2.21. The van der Waals surface area contributed by atoms with Crippen molar-refractivity contribution >= 4 is 11.7 Å². The van der Waals surface area contributed by atoms with Crippen LogP contribution in [0.5, 0.6) is 0 Å². The number of nitrogens with one attached hydrogen (secondary N) is 1. The number of benzene rings is 2. The molecule has 0 radical (unpaired) electrons. The maximum absolute atomic E-state index is 10.9. The fourth-order valence-electron chi connectivity index (χ4n) is 3.10. The van der Waals surface area contributed by atoms with Crippen LogP contribution in [0.2, 0.25) is 0 Å². The zero-order chi connectivity index (χ0) is 16.8. The molecule has 1 heterocycles. The zero-order valence-electron chi connectivity index (χ0n) is 13.9. The molecule has 0 aromatic heterocycles. The topological polar surface area (TPSA) is 52.6 Å². The number of nitrogens with zero attached hydrogens (tertiary/aromatic N) is 1. The molecule has 4 heteroatoms. The largest absolute Gasteiger partial charge is 0.478 e. The summed E-state index contributed by atoms with van der Waals surface area (Å²) in [6.45, 7) is 4.31. The standard InChI is InChI=1S/C20H24N2O2/c23-20(24)18-8-6-17(7-9-18)15-21-19-5-3-4-16(14-19)10-13-22-11-1-2-12-22/h3-9,14,21H,1-2,10-13,15H2,(H,23,24). The Balaban J connectivity index is 1.53. The molecule has 24 heavy (non-hydrogen) atoms. The number of anilines is 1. The van der Waals surface area contributed by atoms with Crippen molar-refractivity contribution in [1.82, 2.24) is 4.90 Å². The summed E-state index contributed by atoms with van der Waals surface area (Å²) in [4.78, 5) is 13.4. The number of hydrogen-bond acceptors (Lipinski definition) is 3. The summed E-state index contributed by atoms with van der Waals surface area (Å²) >= 11 is 0. The van der Waals surface area contributed by atoms with Crippen molar-refractivity contribution in [2.75, 3.05) is 25.0 Å². The van der Waals surface area contributed by atoms with Crippen LogP contribution in [0.15, 0.2) is 48.5 Å². The quantitative estimate of drug-likeness (QED) is 0.816. The Kier molecular flexibility index (Phi) is 5.49. The Bertz CT molecular complexity index is 676. The van der Waals surface area contributed by atoms with Gasteiger partial charge in [-0.05, 0) is 67.7 Å². The molecule has 2 N–H and O–H groups in total. The Morgan fingerprint density at radius 2 is 1.79 bits per heavy atom. The summed E-state index contributed by atoms with van der Waals surface area (Å²) in [7, 11) is 0. The normalized spacial score (nSPS) is 14.7.